The van der Waals surface area contributed by atoms with Crippen LogP contribution < -0.4 is 15.4 Å². The topological polar surface area (TPSA) is 107 Å². The van der Waals surface area contributed by atoms with Gasteiger partial charge in [0.15, 0.2) is 0 Å². The SMILES string of the molecule is Cc1ccc(NC(=O)NC(C)(C)COc2ncc(Cl)cc2Cl)cc1-n1cnnn1. The zero-order valence-electron chi connectivity index (χ0n) is 16.0. The van der Waals surface area contributed by atoms with E-state index in [1.165, 1.54) is 23.3 Å². The summed E-state index contributed by atoms with van der Waals surface area (Å²) in [6.07, 6.45) is 2.93. The van der Waals surface area contributed by atoms with Crippen molar-refractivity contribution in [3.05, 3.63) is 52.4 Å². The van der Waals surface area contributed by atoms with Gasteiger partial charge in [-0.25, -0.2) is 14.5 Å². The van der Waals surface area contributed by atoms with E-state index in [2.05, 4.69) is 31.1 Å². The quantitative estimate of drug-likeness (QED) is 0.611. The highest BCUT2D eigenvalue weighted by Crippen LogP contribution is 2.25. The van der Waals surface area contributed by atoms with Crippen LogP contribution in [0.15, 0.2) is 36.8 Å². The van der Waals surface area contributed by atoms with Gasteiger partial charge in [-0.05, 0) is 55.0 Å². The molecule has 0 saturated carbocycles. The summed E-state index contributed by atoms with van der Waals surface area (Å²) in [5, 5.41) is 17.5. The minimum atomic E-state index is -0.696. The molecular formula is C18H19Cl2N7O2. The third kappa shape index (κ3) is 5.55. The van der Waals surface area contributed by atoms with Crippen LogP contribution in [0.1, 0.15) is 19.4 Å². The molecular weight excluding hydrogens is 417 g/mol. The van der Waals surface area contributed by atoms with Gasteiger partial charge in [0.05, 0.1) is 16.2 Å². The summed E-state index contributed by atoms with van der Waals surface area (Å²) in [6, 6.07) is 6.60. The fourth-order valence-electron chi connectivity index (χ4n) is 2.47. The first-order valence-electron chi connectivity index (χ1n) is 8.60. The first-order valence-corrected chi connectivity index (χ1v) is 9.36. The van der Waals surface area contributed by atoms with Gasteiger partial charge < -0.3 is 15.4 Å². The number of nitrogens with zero attached hydrogens (tertiary/aromatic N) is 5. The minimum Gasteiger partial charge on any atom is -0.474 e. The van der Waals surface area contributed by atoms with Crippen LogP contribution in [0.2, 0.25) is 10.0 Å². The van der Waals surface area contributed by atoms with Crippen molar-refractivity contribution in [3.63, 3.8) is 0 Å². The van der Waals surface area contributed by atoms with E-state index in [-0.39, 0.29) is 18.5 Å². The lowest BCUT2D eigenvalue weighted by atomic mass is 10.1. The average molecular weight is 436 g/mol. The molecule has 3 rings (SSSR count). The number of carbonyl (C=O) groups excluding carboxylic acids is 1. The van der Waals surface area contributed by atoms with E-state index in [4.69, 9.17) is 27.9 Å². The Kier molecular flexibility index (Phi) is 6.19. The number of carbonyl (C=O) groups is 1. The molecule has 1 aromatic carbocycles. The number of urea groups is 1. The minimum absolute atomic E-state index is 0.151. The summed E-state index contributed by atoms with van der Waals surface area (Å²) >= 11 is 11.9. The standard InChI is InChI=1S/C18H19Cl2N7O2/c1-11-4-5-13(7-15(11)27-10-22-25-26-27)23-17(28)24-18(2,3)9-29-16-14(20)6-12(19)8-21-16/h4-8,10H,9H2,1-3H3,(H2,23,24,28). The van der Waals surface area contributed by atoms with Gasteiger partial charge >= 0.3 is 6.03 Å². The van der Waals surface area contributed by atoms with Crippen LogP contribution in [0, 0.1) is 6.92 Å². The Balaban J connectivity index is 1.61. The molecule has 0 atom stereocenters. The van der Waals surface area contributed by atoms with E-state index < -0.39 is 5.54 Å². The molecule has 3 aromatic rings. The number of nitrogens with one attached hydrogen (secondary N) is 2. The molecule has 0 fully saturated rings. The van der Waals surface area contributed by atoms with Crippen molar-refractivity contribution in [2.75, 3.05) is 11.9 Å². The zero-order valence-corrected chi connectivity index (χ0v) is 17.5. The van der Waals surface area contributed by atoms with Gasteiger partial charge in [0, 0.05) is 11.9 Å². The van der Waals surface area contributed by atoms with Crippen molar-refractivity contribution in [1.82, 2.24) is 30.5 Å². The molecule has 2 heterocycles. The van der Waals surface area contributed by atoms with Crippen molar-refractivity contribution in [3.8, 4) is 11.6 Å². The van der Waals surface area contributed by atoms with Gasteiger partial charge in [-0.1, -0.05) is 29.3 Å². The number of aryl methyl sites for hydroxylation is 1. The molecule has 2 N–H and O–H groups in total. The Hall–Kier alpha value is -2.91. The van der Waals surface area contributed by atoms with Crippen LogP contribution in [-0.2, 0) is 0 Å². The van der Waals surface area contributed by atoms with Crippen LogP contribution in [0.5, 0.6) is 5.88 Å². The molecule has 2 aromatic heterocycles. The molecule has 0 radical (unpaired) electrons. The maximum Gasteiger partial charge on any atom is 0.319 e. The molecule has 0 unspecified atom stereocenters. The molecule has 9 nitrogen and oxygen atoms in total. The van der Waals surface area contributed by atoms with Crippen molar-refractivity contribution < 1.29 is 9.53 Å². The second-order valence-electron chi connectivity index (χ2n) is 6.95. The average Bonchev–Trinajstić information content (AvgIpc) is 3.16. The summed E-state index contributed by atoms with van der Waals surface area (Å²) in [5.74, 6) is 0.246. The van der Waals surface area contributed by atoms with Crippen molar-refractivity contribution in [1.29, 1.82) is 0 Å². The highest BCUT2D eigenvalue weighted by atomic mass is 35.5. The van der Waals surface area contributed by atoms with Gasteiger partial charge in [-0.15, -0.1) is 5.10 Å². The van der Waals surface area contributed by atoms with Crippen LogP contribution in [-0.4, -0.2) is 43.4 Å². The number of amides is 2. The summed E-state index contributed by atoms with van der Waals surface area (Å²) < 4.78 is 7.15. The fraction of sp³-hybridized carbons (Fsp3) is 0.278. The molecule has 11 heteroatoms. The number of rotatable bonds is 6. The van der Waals surface area contributed by atoms with E-state index in [0.29, 0.717) is 15.7 Å². The molecule has 0 aliphatic rings. The number of hydrogen-bond donors (Lipinski definition) is 2. The van der Waals surface area contributed by atoms with E-state index in [1.807, 2.05) is 26.8 Å². The monoisotopic (exact) mass is 435 g/mol. The summed E-state index contributed by atoms with van der Waals surface area (Å²) in [4.78, 5) is 16.5. The number of hydrogen-bond acceptors (Lipinski definition) is 6. The molecule has 2 amide bonds. The van der Waals surface area contributed by atoms with Crippen molar-refractivity contribution >= 4 is 34.9 Å². The molecule has 152 valence electrons. The smallest absolute Gasteiger partial charge is 0.319 e. The lowest BCUT2D eigenvalue weighted by Crippen LogP contribution is -2.49. The van der Waals surface area contributed by atoms with Crippen LogP contribution in [0.3, 0.4) is 0 Å². The number of pyridine rings is 1. The second kappa shape index (κ2) is 8.62. The van der Waals surface area contributed by atoms with Gasteiger partial charge in [0.1, 0.15) is 18.0 Å². The normalized spacial score (nSPS) is 11.2. The number of ether oxygens (including phenoxy) is 1. The molecule has 0 bridgehead atoms. The predicted octanol–water partition coefficient (Wildman–Crippen LogP) is 3.65. The fourth-order valence-corrected chi connectivity index (χ4v) is 2.90. The molecule has 0 aliphatic carbocycles. The highest BCUT2D eigenvalue weighted by molar-refractivity contribution is 6.35. The zero-order chi connectivity index (χ0) is 21.0. The van der Waals surface area contributed by atoms with E-state index in [9.17, 15) is 4.79 Å². The lowest BCUT2D eigenvalue weighted by molar-refractivity contribution is 0.197. The maximum absolute atomic E-state index is 12.4. The summed E-state index contributed by atoms with van der Waals surface area (Å²) in [5.41, 5.74) is 1.62. The highest BCUT2D eigenvalue weighted by Gasteiger charge is 2.22. The van der Waals surface area contributed by atoms with Crippen molar-refractivity contribution in [2.24, 2.45) is 0 Å². The first kappa shape index (κ1) is 20.8. The first-order chi connectivity index (χ1) is 13.7. The summed E-state index contributed by atoms with van der Waals surface area (Å²) in [6.45, 7) is 5.71. The second-order valence-corrected chi connectivity index (χ2v) is 7.79. The molecule has 0 aliphatic heterocycles. The number of halogens is 2. The van der Waals surface area contributed by atoms with Crippen LogP contribution >= 0.6 is 23.2 Å². The molecule has 29 heavy (non-hydrogen) atoms. The number of aromatic nitrogens is 5. The van der Waals surface area contributed by atoms with Crippen molar-refractivity contribution in [2.45, 2.75) is 26.3 Å². The van der Waals surface area contributed by atoms with E-state index in [0.717, 1.165) is 11.3 Å². The Labute approximate surface area is 177 Å². The third-order valence-corrected chi connectivity index (χ3v) is 4.34. The van der Waals surface area contributed by atoms with Crippen LogP contribution in [0.25, 0.3) is 5.69 Å². The summed E-state index contributed by atoms with van der Waals surface area (Å²) in [7, 11) is 0. The van der Waals surface area contributed by atoms with Gasteiger partial charge in [-0.2, -0.15) is 0 Å². The number of tetrazole rings is 1. The Morgan fingerprint density at radius 1 is 1.28 bits per heavy atom. The molecule has 0 spiro atoms. The van der Waals surface area contributed by atoms with Gasteiger partial charge in [-0.3, -0.25) is 0 Å². The maximum atomic E-state index is 12.4. The van der Waals surface area contributed by atoms with E-state index >= 15 is 0 Å². The lowest BCUT2D eigenvalue weighted by Gasteiger charge is -2.26. The number of benzene rings is 1. The molecule has 0 saturated heterocycles. The Morgan fingerprint density at radius 2 is 2.07 bits per heavy atom. The number of anilines is 1. The predicted molar refractivity (Wildman–Crippen MR) is 110 cm³/mol. The van der Waals surface area contributed by atoms with Crippen LogP contribution in [0.4, 0.5) is 10.5 Å². The van der Waals surface area contributed by atoms with Gasteiger partial charge in [0.25, 0.3) is 0 Å². The van der Waals surface area contributed by atoms with E-state index in [1.54, 1.807) is 12.1 Å². The third-order valence-electron chi connectivity index (χ3n) is 3.86. The Bertz CT molecular complexity index is 1010. The largest absolute Gasteiger partial charge is 0.474 e. The van der Waals surface area contributed by atoms with Gasteiger partial charge in [0.2, 0.25) is 5.88 Å². The Morgan fingerprint density at radius 3 is 2.76 bits per heavy atom.